The largest absolute Gasteiger partial charge is 0.383 e. The monoisotopic (exact) mass is 409 g/mol. The molecule has 0 fully saturated rings. The van der Waals surface area contributed by atoms with Crippen molar-refractivity contribution in [1.29, 1.82) is 0 Å². The van der Waals surface area contributed by atoms with Crippen LogP contribution in [0.2, 0.25) is 0 Å². The average molecular weight is 409 g/mol. The first kappa shape index (κ1) is 20.2. The summed E-state index contributed by atoms with van der Waals surface area (Å²) >= 11 is 0. The molecule has 0 radical (unpaired) electrons. The van der Waals surface area contributed by atoms with Crippen LogP contribution >= 0.6 is 24.0 Å². The summed E-state index contributed by atoms with van der Waals surface area (Å²) in [4.78, 5) is 4.45. The van der Waals surface area contributed by atoms with Gasteiger partial charge >= 0.3 is 0 Å². The molecule has 0 saturated carbocycles. The molecule has 1 unspecified atom stereocenters. The Hall–Kier alpha value is -0.830. The van der Waals surface area contributed by atoms with Gasteiger partial charge in [-0.25, -0.2) is 4.99 Å². The number of aliphatic imine (C=N–C) groups is 1. The molecule has 1 heterocycles. The molecule has 0 amide bonds. The van der Waals surface area contributed by atoms with Crippen molar-refractivity contribution in [3.05, 3.63) is 18.0 Å². The smallest absolute Gasteiger partial charge is 0.191 e. The molecule has 1 aromatic heterocycles. The SMILES string of the molecule is CCNC(=NCC(C)(O)c1cnn(C)c1)NCC(C)C.I. The highest BCUT2D eigenvalue weighted by Crippen LogP contribution is 2.19. The summed E-state index contributed by atoms with van der Waals surface area (Å²) in [5, 5.41) is 21.0. The lowest BCUT2D eigenvalue weighted by atomic mass is 10.0. The summed E-state index contributed by atoms with van der Waals surface area (Å²) in [7, 11) is 1.83. The van der Waals surface area contributed by atoms with Gasteiger partial charge in [-0.05, 0) is 19.8 Å². The standard InChI is InChI=1S/C14H27N5O.HI/c1-6-15-13(16-7-11(2)3)17-10-14(4,20)12-8-18-19(5)9-12;/h8-9,11,20H,6-7,10H2,1-5H3,(H2,15,16,17);1H. The van der Waals surface area contributed by atoms with Gasteiger partial charge in [-0.3, -0.25) is 4.68 Å². The van der Waals surface area contributed by atoms with Crippen molar-refractivity contribution in [3.8, 4) is 0 Å². The third-order valence-electron chi connectivity index (χ3n) is 2.89. The second kappa shape index (κ2) is 9.24. The maximum absolute atomic E-state index is 10.5. The Morgan fingerprint density at radius 2 is 2.14 bits per heavy atom. The van der Waals surface area contributed by atoms with Crippen LogP contribution in [-0.2, 0) is 12.6 Å². The molecule has 122 valence electrons. The van der Waals surface area contributed by atoms with Gasteiger partial charge < -0.3 is 15.7 Å². The van der Waals surface area contributed by atoms with Crippen LogP contribution in [0.5, 0.6) is 0 Å². The van der Waals surface area contributed by atoms with E-state index >= 15 is 0 Å². The Balaban J connectivity index is 0.00000400. The summed E-state index contributed by atoms with van der Waals surface area (Å²) < 4.78 is 1.68. The quantitative estimate of drug-likeness (QED) is 0.378. The lowest BCUT2D eigenvalue weighted by Gasteiger charge is -2.21. The summed E-state index contributed by atoms with van der Waals surface area (Å²) in [6.07, 6.45) is 3.48. The second-order valence-corrected chi connectivity index (χ2v) is 5.65. The summed E-state index contributed by atoms with van der Waals surface area (Å²) in [6, 6.07) is 0. The van der Waals surface area contributed by atoms with E-state index in [-0.39, 0.29) is 30.5 Å². The maximum Gasteiger partial charge on any atom is 0.191 e. The highest BCUT2D eigenvalue weighted by atomic mass is 127. The molecule has 6 nitrogen and oxygen atoms in total. The van der Waals surface area contributed by atoms with Crippen molar-refractivity contribution in [2.75, 3.05) is 19.6 Å². The molecule has 0 aliphatic carbocycles. The number of nitrogens with zero attached hydrogens (tertiary/aromatic N) is 3. The molecular weight excluding hydrogens is 381 g/mol. The Morgan fingerprint density at radius 1 is 1.48 bits per heavy atom. The van der Waals surface area contributed by atoms with Gasteiger partial charge in [0.25, 0.3) is 0 Å². The van der Waals surface area contributed by atoms with Gasteiger partial charge in [0, 0.05) is 31.9 Å². The van der Waals surface area contributed by atoms with Gasteiger partial charge in [0.05, 0.1) is 12.7 Å². The fraction of sp³-hybridized carbons (Fsp3) is 0.714. The van der Waals surface area contributed by atoms with Crippen molar-refractivity contribution < 1.29 is 5.11 Å². The fourth-order valence-electron chi connectivity index (χ4n) is 1.67. The van der Waals surface area contributed by atoms with Crippen LogP contribution in [0, 0.1) is 5.92 Å². The Labute approximate surface area is 144 Å². The highest BCUT2D eigenvalue weighted by molar-refractivity contribution is 14.0. The highest BCUT2D eigenvalue weighted by Gasteiger charge is 2.24. The van der Waals surface area contributed by atoms with Gasteiger partial charge in [0.15, 0.2) is 5.96 Å². The molecule has 21 heavy (non-hydrogen) atoms. The Bertz CT molecular complexity index is 442. The number of aliphatic hydroxyl groups is 1. The zero-order valence-corrected chi connectivity index (χ0v) is 15.9. The van der Waals surface area contributed by atoms with Crippen molar-refractivity contribution in [2.45, 2.75) is 33.3 Å². The Kier molecular flexibility index (Phi) is 8.88. The number of aryl methyl sites for hydroxylation is 1. The molecule has 0 aromatic carbocycles. The van der Waals surface area contributed by atoms with Gasteiger partial charge in [0.1, 0.15) is 5.60 Å². The van der Waals surface area contributed by atoms with Crippen LogP contribution in [0.25, 0.3) is 0 Å². The van der Waals surface area contributed by atoms with Crippen LogP contribution in [0.3, 0.4) is 0 Å². The van der Waals surface area contributed by atoms with E-state index in [2.05, 4.69) is 34.6 Å². The number of halogens is 1. The minimum atomic E-state index is -1.02. The first-order chi connectivity index (χ1) is 9.35. The van der Waals surface area contributed by atoms with Gasteiger partial charge in [-0.1, -0.05) is 13.8 Å². The predicted octanol–water partition coefficient (Wildman–Crippen LogP) is 1.46. The van der Waals surface area contributed by atoms with Gasteiger partial charge in [-0.15, -0.1) is 24.0 Å². The number of nitrogens with one attached hydrogen (secondary N) is 2. The third-order valence-corrected chi connectivity index (χ3v) is 2.89. The second-order valence-electron chi connectivity index (χ2n) is 5.65. The lowest BCUT2D eigenvalue weighted by molar-refractivity contribution is 0.0672. The first-order valence-electron chi connectivity index (χ1n) is 7.09. The van der Waals surface area contributed by atoms with Crippen LogP contribution in [-0.4, -0.2) is 40.5 Å². The molecule has 0 aliphatic heterocycles. The number of rotatable bonds is 6. The first-order valence-corrected chi connectivity index (χ1v) is 7.09. The van der Waals surface area contributed by atoms with Crippen LogP contribution in [0.4, 0.5) is 0 Å². The lowest BCUT2D eigenvalue weighted by Crippen LogP contribution is -2.40. The topological polar surface area (TPSA) is 74.5 Å². The molecule has 1 rings (SSSR count). The number of guanidine groups is 1. The van der Waals surface area contributed by atoms with Crippen LogP contribution in [0.1, 0.15) is 33.3 Å². The Morgan fingerprint density at radius 3 is 2.62 bits per heavy atom. The van der Waals surface area contributed by atoms with E-state index in [0.29, 0.717) is 5.92 Å². The van der Waals surface area contributed by atoms with E-state index in [1.807, 2.05) is 20.2 Å². The van der Waals surface area contributed by atoms with Gasteiger partial charge in [0.2, 0.25) is 0 Å². The van der Waals surface area contributed by atoms with E-state index in [9.17, 15) is 5.11 Å². The van der Waals surface area contributed by atoms with E-state index in [4.69, 9.17) is 0 Å². The summed E-state index contributed by atoms with van der Waals surface area (Å²) in [5.74, 6) is 1.27. The van der Waals surface area contributed by atoms with Crippen molar-refractivity contribution in [2.24, 2.45) is 18.0 Å². The fourth-order valence-corrected chi connectivity index (χ4v) is 1.67. The van der Waals surface area contributed by atoms with Crippen LogP contribution < -0.4 is 10.6 Å². The van der Waals surface area contributed by atoms with Crippen molar-refractivity contribution in [3.63, 3.8) is 0 Å². The zero-order chi connectivity index (χ0) is 15.2. The summed E-state index contributed by atoms with van der Waals surface area (Å²) in [6.45, 7) is 9.97. The number of hydrogen-bond donors (Lipinski definition) is 3. The normalized spacial score (nSPS) is 14.5. The van der Waals surface area contributed by atoms with E-state index in [1.165, 1.54) is 0 Å². The number of hydrogen-bond acceptors (Lipinski definition) is 3. The zero-order valence-electron chi connectivity index (χ0n) is 13.6. The minimum absolute atomic E-state index is 0. The van der Waals surface area contributed by atoms with Gasteiger partial charge in [-0.2, -0.15) is 5.10 Å². The van der Waals surface area contributed by atoms with Crippen molar-refractivity contribution >= 4 is 29.9 Å². The van der Waals surface area contributed by atoms with Crippen LogP contribution in [0.15, 0.2) is 17.4 Å². The maximum atomic E-state index is 10.5. The number of aromatic nitrogens is 2. The van der Waals surface area contributed by atoms with E-state index < -0.39 is 5.60 Å². The molecule has 0 aliphatic rings. The van der Waals surface area contributed by atoms with E-state index in [1.54, 1.807) is 17.8 Å². The molecule has 7 heteroatoms. The average Bonchev–Trinajstić information content (AvgIpc) is 2.80. The molecular formula is C14H28IN5O. The molecule has 0 bridgehead atoms. The molecule has 0 spiro atoms. The third kappa shape index (κ3) is 7.12. The summed E-state index contributed by atoms with van der Waals surface area (Å²) in [5.41, 5.74) is -0.252. The van der Waals surface area contributed by atoms with Crippen molar-refractivity contribution in [1.82, 2.24) is 20.4 Å². The molecule has 3 N–H and O–H groups in total. The predicted molar refractivity (Wildman–Crippen MR) is 97.0 cm³/mol. The molecule has 0 saturated heterocycles. The molecule has 1 atom stereocenters. The van der Waals surface area contributed by atoms with E-state index in [0.717, 1.165) is 24.6 Å². The minimum Gasteiger partial charge on any atom is -0.383 e. The molecule has 1 aromatic rings.